The molecule has 0 bridgehead atoms. The first-order valence-corrected chi connectivity index (χ1v) is 12.1. The molecule has 2 aromatic carbocycles. The molecule has 0 spiro atoms. The number of carbonyl (C=O) groups is 1. The van der Waals surface area contributed by atoms with Crippen LogP contribution in [0.3, 0.4) is 0 Å². The Labute approximate surface area is 190 Å². The van der Waals surface area contributed by atoms with Crippen LogP contribution in [0.1, 0.15) is 24.0 Å². The number of H-pyrrole nitrogens is 1. The van der Waals surface area contributed by atoms with E-state index in [0.29, 0.717) is 12.8 Å². The summed E-state index contributed by atoms with van der Waals surface area (Å²) in [6.07, 6.45) is -0.754. The first-order chi connectivity index (χ1) is 15.7. The third-order valence-electron chi connectivity index (χ3n) is 5.92. The van der Waals surface area contributed by atoms with E-state index in [1.165, 1.54) is 4.31 Å². The number of hydrogen-bond acceptors (Lipinski definition) is 3. The van der Waals surface area contributed by atoms with Crippen LogP contribution in [0.15, 0.2) is 59.6 Å². The number of nitrogens with zero attached hydrogens (tertiary/aromatic N) is 2. The number of amides is 1. The highest BCUT2D eigenvalue weighted by atomic mass is 32.2. The van der Waals surface area contributed by atoms with E-state index >= 15 is 0 Å². The largest absolute Gasteiger partial charge is 0.416 e. The predicted octanol–water partition coefficient (Wildman–Crippen LogP) is 4.04. The number of sulfonamides is 1. The SMILES string of the molecule is O=C(CCCc1c[nH]c2ccccc12)N1CCN(S(=O)(=O)c2ccc(C(F)(F)F)cc2)CC1. The number of alkyl halides is 3. The minimum atomic E-state index is -4.53. The summed E-state index contributed by atoms with van der Waals surface area (Å²) in [5.74, 6) is -0.0265. The van der Waals surface area contributed by atoms with Crippen molar-refractivity contribution in [1.29, 1.82) is 0 Å². The fourth-order valence-corrected chi connectivity index (χ4v) is 5.49. The molecule has 1 amide bonds. The highest BCUT2D eigenvalue weighted by Gasteiger charge is 2.33. The lowest BCUT2D eigenvalue weighted by Gasteiger charge is -2.34. The molecule has 6 nitrogen and oxygen atoms in total. The number of aromatic nitrogens is 1. The number of piperazine rings is 1. The molecule has 0 aliphatic carbocycles. The number of nitrogens with one attached hydrogen (secondary N) is 1. The summed E-state index contributed by atoms with van der Waals surface area (Å²) in [4.78, 5) is 17.3. The fourth-order valence-electron chi connectivity index (χ4n) is 4.07. The number of hydrogen-bond donors (Lipinski definition) is 1. The Hall–Kier alpha value is -2.85. The van der Waals surface area contributed by atoms with Gasteiger partial charge in [-0.3, -0.25) is 4.79 Å². The van der Waals surface area contributed by atoms with Crippen molar-refractivity contribution in [3.05, 3.63) is 65.9 Å². The van der Waals surface area contributed by atoms with E-state index in [1.807, 2.05) is 30.5 Å². The number of aromatic amines is 1. The van der Waals surface area contributed by atoms with Gasteiger partial charge in [-0.2, -0.15) is 17.5 Å². The van der Waals surface area contributed by atoms with Gasteiger partial charge in [0, 0.05) is 49.7 Å². The fraction of sp³-hybridized carbons (Fsp3) is 0.348. The minimum absolute atomic E-state index is 0.0265. The zero-order valence-electron chi connectivity index (χ0n) is 17.8. The molecule has 1 aliphatic rings. The van der Waals surface area contributed by atoms with Gasteiger partial charge in [0.05, 0.1) is 10.5 Å². The highest BCUT2D eigenvalue weighted by molar-refractivity contribution is 7.89. The topological polar surface area (TPSA) is 73.5 Å². The summed E-state index contributed by atoms with van der Waals surface area (Å²) in [5.41, 5.74) is 1.32. The average molecular weight is 480 g/mol. The Balaban J connectivity index is 1.29. The van der Waals surface area contributed by atoms with Gasteiger partial charge in [0.15, 0.2) is 0 Å². The van der Waals surface area contributed by atoms with E-state index in [4.69, 9.17) is 0 Å². The molecule has 0 unspecified atom stereocenters. The molecule has 33 heavy (non-hydrogen) atoms. The smallest absolute Gasteiger partial charge is 0.361 e. The van der Waals surface area contributed by atoms with Gasteiger partial charge in [0.25, 0.3) is 0 Å². The molecule has 1 saturated heterocycles. The summed E-state index contributed by atoms with van der Waals surface area (Å²) in [7, 11) is -3.92. The average Bonchev–Trinajstić information content (AvgIpc) is 3.22. The van der Waals surface area contributed by atoms with Gasteiger partial charge in [-0.1, -0.05) is 18.2 Å². The van der Waals surface area contributed by atoms with E-state index in [1.54, 1.807) is 4.90 Å². The van der Waals surface area contributed by atoms with Crippen molar-refractivity contribution >= 4 is 26.8 Å². The van der Waals surface area contributed by atoms with Crippen LogP contribution in [0.5, 0.6) is 0 Å². The van der Waals surface area contributed by atoms with E-state index < -0.39 is 21.8 Å². The lowest BCUT2D eigenvalue weighted by molar-refractivity contribution is -0.137. The van der Waals surface area contributed by atoms with Crippen molar-refractivity contribution in [2.75, 3.05) is 26.2 Å². The highest BCUT2D eigenvalue weighted by Crippen LogP contribution is 2.30. The molecule has 4 rings (SSSR count). The van der Waals surface area contributed by atoms with E-state index in [0.717, 1.165) is 47.2 Å². The zero-order valence-corrected chi connectivity index (χ0v) is 18.6. The van der Waals surface area contributed by atoms with E-state index in [9.17, 15) is 26.4 Å². The standard InChI is InChI=1S/C23H24F3N3O3S/c24-23(25,26)18-8-10-19(11-9-18)33(31,32)29-14-12-28(13-15-29)22(30)7-3-4-17-16-27-21-6-2-1-5-20(17)21/h1-2,5-6,8-11,16,27H,3-4,7,12-15H2. The van der Waals surface area contributed by atoms with Gasteiger partial charge in [0.1, 0.15) is 0 Å². The maximum atomic E-state index is 12.8. The molecule has 1 aliphatic heterocycles. The Bertz CT molecular complexity index is 1230. The van der Waals surface area contributed by atoms with Crippen LogP contribution in [-0.2, 0) is 27.4 Å². The van der Waals surface area contributed by atoms with Gasteiger partial charge in [-0.05, 0) is 48.7 Å². The molecule has 0 saturated carbocycles. The predicted molar refractivity (Wildman–Crippen MR) is 118 cm³/mol. The Morgan fingerprint density at radius 1 is 0.970 bits per heavy atom. The monoisotopic (exact) mass is 479 g/mol. The number of carbonyl (C=O) groups excluding carboxylic acids is 1. The third-order valence-corrected chi connectivity index (χ3v) is 7.84. The lowest BCUT2D eigenvalue weighted by atomic mass is 10.1. The second-order valence-electron chi connectivity index (χ2n) is 8.02. The Morgan fingerprint density at radius 2 is 1.64 bits per heavy atom. The van der Waals surface area contributed by atoms with E-state index in [-0.39, 0.29) is 37.0 Å². The van der Waals surface area contributed by atoms with Crippen LogP contribution in [-0.4, -0.2) is 54.7 Å². The van der Waals surface area contributed by atoms with Gasteiger partial charge in [-0.25, -0.2) is 8.42 Å². The number of fused-ring (bicyclic) bond motifs is 1. The Morgan fingerprint density at radius 3 is 2.30 bits per heavy atom. The summed E-state index contributed by atoms with van der Waals surface area (Å²) in [6.45, 7) is 0.729. The maximum absolute atomic E-state index is 12.8. The van der Waals surface area contributed by atoms with Crippen molar-refractivity contribution in [2.24, 2.45) is 0 Å². The molecular weight excluding hydrogens is 455 g/mol. The van der Waals surface area contributed by atoms with Gasteiger partial charge >= 0.3 is 6.18 Å². The summed E-state index contributed by atoms with van der Waals surface area (Å²) >= 11 is 0. The van der Waals surface area contributed by atoms with Crippen LogP contribution in [0.2, 0.25) is 0 Å². The van der Waals surface area contributed by atoms with Crippen molar-refractivity contribution < 1.29 is 26.4 Å². The van der Waals surface area contributed by atoms with Gasteiger partial charge < -0.3 is 9.88 Å². The summed E-state index contributed by atoms with van der Waals surface area (Å²) in [6, 6.07) is 11.5. The molecule has 176 valence electrons. The van der Waals surface area contributed by atoms with Gasteiger partial charge in [-0.15, -0.1) is 0 Å². The molecule has 2 heterocycles. The number of halogens is 3. The minimum Gasteiger partial charge on any atom is -0.361 e. The quantitative estimate of drug-likeness (QED) is 0.580. The molecule has 0 atom stereocenters. The maximum Gasteiger partial charge on any atom is 0.416 e. The number of rotatable bonds is 6. The van der Waals surface area contributed by atoms with Crippen molar-refractivity contribution in [1.82, 2.24) is 14.2 Å². The summed E-state index contributed by atoms with van der Waals surface area (Å²) < 4.78 is 64.9. The normalized spacial score (nSPS) is 15.8. The van der Waals surface area contributed by atoms with E-state index in [2.05, 4.69) is 4.98 Å². The number of benzene rings is 2. The summed E-state index contributed by atoms with van der Waals surface area (Å²) in [5, 5.41) is 1.15. The second-order valence-corrected chi connectivity index (χ2v) is 9.96. The van der Waals surface area contributed by atoms with Crippen LogP contribution >= 0.6 is 0 Å². The zero-order chi connectivity index (χ0) is 23.6. The van der Waals surface area contributed by atoms with Crippen LogP contribution < -0.4 is 0 Å². The van der Waals surface area contributed by atoms with Crippen LogP contribution in [0, 0.1) is 0 Å². The molecule has 3 aromatic rings. The first-order valence-electron chi connectivity index (χ1n) is 10.7. The molecular formula is C23H24F3N3O3S. The second kappa shape index (κ2) is 9.18. The lowest BCUT2D eigenvalue weighted by Crippen LogP contribution is -2.50. The first kappa shape index (κ1) is 23.3. The Kier molecular flexibility index (Phi) is 6.49. The van der Waals surface area contributed by atoms with Crippen LogP contribution in [0.25, 0.3) is 10.9 Å². The van der Waals surface area contributed by atoms with Gasteiger partial charge in [0.2, 0.25) is 15.9 Å². The third kappa shape index (κ3) is 5.06. The van der Waals surface area contributed by atoms with Crippen molar-refractivity contribution in [2.45, 2.75) is 30.3 Å². The molecule has 10 heteroatoms. The number of aryl methyl sites for hydroxylation is 1. The van der Waals surface area contributed by atoms with Crippen LogP contribution in [0.4, 0.5) is 13.2 Å². The van der Waals surface area contributed by atoms with Crippen molar-refractivity contribution in [3.63, 3.8) is 0 Å². The molecule has 1 N–H and O–H groups in total. The molecule has 0 radical (unpaired) electrons. The molecule has 1 aromatic heterocycles. The number of para-hydroxylation sites is 1. The van der Waals surface area contributed by atoms with Crippen molar-refractivity contribution in [3.8, 4) is 0 Å². The molecule has 1 fully saturated rings.